The first-order chi connectivity index (χ1) is 13.6. The SMILES string of the molecule is O=C1CC(c2ccc(OCCO)cc2)c2cnn(Cc3cccc(Cl)c3)c2N1. The van der Waals surface area contributed by atoms with E-state index in [-0.39, 0.29) is 25.0 Å². The van der Waals surface area contributed by atoms with Crippen LogP contribution in [-0.4, -0.2) is 34.0 Å². The Morgan fingerprint density at radius 1 is 1.25 bits per heavy atom. The van der Waals surface area contributed by atoms with E-state index in [1.165, 1.54) is 0 Å². The Labute approximate surface area is 167 Å². The van der Waals surface area contributed by atoms with Crippen molar-refractivity contribution < 1.29 is 14.6 Å². The molecule has 144 valence electrons. The van der Waals surface area contributed by atoms with Gasteiger partial charge >= 0.3 is 0 Å². The Kier molecular flexibility index (Phi) is 5.32. The van der Waals surface area contributed by atoms with Gasteiger partial charge in [0, 0.05) is 22.9 Å². The molecular weight excluding hydrogens is 378 g/mol. The number of carbonyl (C=O) groups excluding carboxylic acids is 1. The van der Waals surface area contributed by atoms with Crippen molar-refractivity contribution in [3.05, 3.63) is 76.4 Å². The van der Waals surface area contributed by atoms with E-state index in [9.17, 15) is 4.79 Å². The molecule has 1 amide bonds. The van der Waals surface area contributed by atoms with Crippen LogP contribution in [0, 0.1) is 0 Å². The number of hydrogen-bond donors (Lipinski definition) is 2. The highest BCUT2D eigenvalue weighted by Crippen LogP contribution is 2.37. The number of aliphatic hydroxyl groups is 1. The van der Waals surface area contributed by atoms with Crippen LogP contribution in [0.15, 0.2) is 54.7 Å². The van der Waals surface area contributed by atoms with Gasteiger partial charge in [-0.3, -0.25) is 4.79 Å². The summed E-state index contributed by atoms with van der Waals surface area (Å²) in [7, 11) is 0. The minimum atomic E-state index is -0.0660. The Hall–Kier alpha value is -2.83. The van der Waals surface area contributed by atoms with Crippen molar-refractivity contribution in [2.45, 2.75) is 18.9 Å². The third-order valence-electron chi connectivity index (χ3n) is 4.75. The lowest BCUT2D eigenvalue weighted by Crippen LogP contribution is -2.25. The van der Waals surface area contributed by atoms with Gasteiger partial charge in [0.1, 0.15) is 18.2 Å². The molecule has 0 aliphatic carbocycles. The molecule has 0 bridgehead atoms. The molecule has 6 nitrogen and oxygen atoms in total. The minimum Gasteiger partial charge on any atom is -0.491 e. The summed E-state index contributed by atoms with van der Waals surface area (Å²) in [6.07, 6.45) is 2.19. The molecule has 1 aliphatic heterocycles. The maximum absolute atomic E-state index is 12.3. The van der Waals surface area contributed by atoms with Gasteiger partial charge in [0.2, 0.25) is 5.91 Å². The van der Waals surface area contributed by atoms with Crippen molar-refractivity contribution in [2.24, 2.45) is 0 Å². The first kappa shape index (κ1) is 18.5. The summed E-state index contributed by atoms with van der Waals surface area (Å²) in [4.78, 5) is 12.3. The van der Waals surface area contributed by atoms with Crippen LogP contribution in [-0.2, 0) is 11.3 Å². The van der Waals surface area contributed by atoms with E-state index in [0.717, 1.165) is 22.5 Å². The smallest absolute Gasteiger partial charge is 0.226 e. The molecular formula is C21H20ClN3O3. The molecule has 0 fully saturated rings. The topological polar surface area (TPSA) is 76.4 Å². The summed E-state index contributed by atoms with van der Waals surface area (Å²) in [6.45, 7) is 0.752. The molecule has 2 heterocycles. The number of amides is 1. The highest BCUT2D eigenvalue weighted by Gasteiger charge is 2.30. The lowest BCUT2D eigenvalue weighted by molar-refractivity contribution is -0.116. The average molecular weight is 398 g/mol. The first-order valence-corrected chi connectivity index (χ1v) is 9.45. The fourth-order valence-corrected chi connectivity index (χ4v) is 3.67. The van der Waals surface area contributed by atoms with E-state index < -0.39 is 0 Å². The van der Waals surface area contributed by atoms with Crippen LogP contribution in [0.4, 0.5) is 5.82 Å². The van der Waals surface area contributed by atoms with E-state index in [2.05, 4.69) is 10.4 Å². The zero-order chi connectivity index (χ0) is 19.5. The second kappa shape index (κ2) is 8.04. The Morgan fingerprint density at radius 2 is 2.07 bits per heavy atom. The van der Waals surface area contributed by atoms with E-state index in [1.54, 1.807) is 4.68 Å². The minimum absolute atomic E-state index is 0.0281. The number of aliphatic hydroxyl groups excluding tert-OH is 1. The van der Waals surface area contributed by atoms with E-state index in [1.807, 2.05) is 54.7 Å². The van der Waals surface area contributed by atoms with Crippen LogP contribution in [0.1, 0.15) is 29.0 Å². The Balaban J connectivity index is 1.61. The highest BCUT2D eigenvalue weighted by molar-refractivity contribution is 6.30. The third-order valence-corrected chi connectivity index (χ3v) is 4.99. The number of aromatic nitrogens is 2. The molecule has 0 saturated carbocycles. The van der Waals surface area contributed by atoms with Crippen molar-refractivity contribution in [2.75, 3.05) is 18.5 Å². The highest BCUT2D eigenvalue weighted by atomic mass is 35.5. The lowest BCUT2D eigenvalue weighted by Gasteiger charge is -2.24. The second-order valence-corrected chi connectivity index (χ2v) is 7.12. The molecule has 1 atom stereocenters. The number of fused-ring (bicyclic) bond motifs is 1. The molecule has 0 radical (unpaired) electrons. The molecule has 2 N–H and O–H groups in total. The largest absolute Gasteiger partial charge is 0.491 e. The quantitative estimate of drug-likeness (QED) is 0.668. The molecule has 1 unspecified atom stereocenters. The van der Waals surface area contributed by atoms with Gasteiger partial charge in [0.25, 0.3) is 0 Å². The number of benzene rings is 2. The molecule has 7 heteroatoms. The maximum Gasteiger partial charge on any atom is 0.226 e. The lowest BCUT2D eigenvalue weighted by atomic mass is 9.87. The number of anilines is 1. The van der Waals surface area contributed by atoms with Gasteiger partial charge in [0.15, 0.2) is 0 Å². The summed E-state index contributed by atoms with van der Waals surface area (Å²) < 4.78 is 7.21. The van der Waals surface area contributed by atoms with Gasteiger partial charge < -0.3 is 15.2 Å². The maximum atomic E-state index is 12.3. The van der Waals surface area contributed by atoms with Gasteiger partial charge in [-0.2, -0.15) is 5.10 Å². The predicted molar refractivity (Wildman–Crippen MR) is 107 cm³/mol. The molecule has 4 rings (SSSR count). The summed E-state index contributed by atoms with van der Waals surface area (Å²) in [5.41, 5.74) is 3.03. The standard InChI is InChI=1S/C21H20ClN3O3/c22-16-3-1-2-14(10-16)13-25-21-19(12-23-25)18(11-20(27)24-21)15-4-6-17(7-5-15)28-9-8-26/h1-7,10,12,18,26H,8-9,11,13H2,(H,24,27). The van der Waals surface area contributed by atoms with Crippen LogP contribution >= 0.6 is 11.6 Å². The first-order valence-electron chi connectivity index (χ1n) is 9.07. The van der Waals surface area contributed by atoms with Crippen molar-refractivity contribution in [1.29, 1.82) is 0 Å². The van der Waals surface area contributed by atoms with Gasteiger partial charge in [-0.1, -0.05) is 35.9 Å². The number of nitrogens with one attached hydrogen (secondary N) is 1. The summed E-state index contributed by atoms with van der Waals surface area (Å²) in [6, 6.07) is 15.2. The van der Waals surface area contributed by atoms with Crippen LogP contribution in [0.5, 0.6) is 5.75 Å². The summed E-state index contributed by atoms with van der Waals surface area (Å²) >= 11 is 6.08. The zero-order valence-electron chi connectivity index (χ0n) is 15.1. The van der Waals surface area contributed by atoms with Gasteiger partial charge in [-0.05, 0) is 35.4 Å². The van der Waals surface area contributed by atoms with E-state index in [4.69, 9.17) is 21.4 Å². The number of ether oxygens (including phenoxy) is 1. The molecule has 0 spiro atoms. The Bertz CT molecular complexity index is 985. The van der Waals surface area contributed by atoms with E-state index >= 15 is 0 Å². The average Bonchev–Trinajstić information content (AvgIpc) is 3.09. The molecule has 28 heavy (non-hydrogen) atoms. The van der Waals surface area contributed by atoms with Gasteiger partial charge in [0.05, 0.1) is 19.3 Å². The van der Waals surface area contributed by atoms with Crippen LogP contribution < -0.4 is 10.1 Å². The van der Waals surface area contributed by atoms with Crippen LogP contribution in [0.25, 0.3) is 0 Å². The molecule has 3 aromatic rings. The van der Waals surface area contributed by atoms with Crippen LogP contribution in [0.3, 0.4) is 0 Å². The number of rotatable bonds is 6. The van der Waals surface area contributed by atoms with E-state index in [0.29, 0.717) is 23.7 Å². The van der Waals surface area contributed by atoms with Crippen molar-refractivity contribution in [3.63, 3.8) is 0 Å². The number of hydrogen-bond acceptors (Lipinski definition) is 4. The van der Waals surface area contributed by atoms with Crippen LogP contribution in [0.2, 0.25) is 5.02 Å². The second-order valence-electron chi connectivity index (χ2n) is 6.68. The fraction of sp³-hybridized carbons (Fsp3) is 0.238. The zero-order valence-corrected chi connectivity index (χ0v) is 15.9. The molecule has 0 saturated heterocycles. The van der Waals surface area contributed by atoms with Gasteiger partial charge in [-0.25, -0.2) is 4.68 Å². The Morgan fingerprint density at radius 3 is 2.82 bits per heavy atom. The van der Waals surface area contributed by atoms with Gasteiger partial charge in [-0.15, -0.1) is 0 Å². The number of nitrogens with zero attached hydrogens (tertiary/aromatic N) is 2. The molecule has 1 aliphatic rings. The molecule has 2 aromatic carbocycles. The number of carbonyl (C=O) groups is 1. The third kappa shape index (κ3) is 3.88. The van der Waals surface area contributed by atoms with Crippen molar-refractivity contribution in [1.82, 2.24) is 9.78 Å². The normalized spacial score (nSPS) is 15.8. The summed E-state index contributed by atoms with van der Waals surface area (Å²) in [5.74, 6) is 1.31. The number of halogens is 1. The fourth-order valence-electron chi connectivity index (χ4n) is 3.46. The van der Waals surface area contributed by atoms with Crippen molar-refractivity contribution in [3.8, 4) is 5.75 Å². The predicted octanol–water partition coefficient (Wildman–Crippen LogP) is 3.43. The monoisotopic (exact) mass is 397 g/mol. The molecule has 1 aromatic heterocycles. The van der Waals surface area contributed by atoms with Crippen molar-refractivity contribution >= 4 is 23.3 Å². The summed E-state index contributed by atoms with van der Waals surface area (Å²) in [5, 5.41) is 17.0.